The van der Waals surface area contributed by atoms with E-state index in [1.807, 2.05) is 0 Å². The zero-order valence-corrected chi connectivity index (χ0v) is 35.7. The van der Waals surface area contributed by atoms with Gasteiger partial charge in [-0.05, 0) is 25.7 Å². The number of unbranched alkanes of at least 4 members (excludes halogenated alkanes) is 40. The number of nitrogens with one attached hydrogen (secondary N) is 1. The molecule has 0 aliphatic heterocycles. The van der Waals surface area contributed by atoms with Gasteiger partial charge in [-0.2, -0.15) is 0 Å². The zero-order valence-electron chi connectivity index (χ0n) is 35.0. The van der Waals surface area contributed by atoms with Crippen molar-refractivity contribution >= 4 is 0 Å². The van der Waals surface area contributed by atoms with Crippen LogP contribution >= 0.6 is 0 Å². The molecule has 49 heavy (non-hydrogen) atoms. The van der Waals surface area contributed by atoms with Crippen LogP contribution < -0.4 is 17.3 Å². The summed E-state index contributed by atoms with van der Waals surface area (Å²) in [5, 5.41) is 0. The summed E-state index contributed by atoms with van der Waals surface area (Å²) in [7, 11) is 2.44. The maximum atomic E-state index is 2.44. The summed E-state index contributed by atoms with van der Waals surface area (Å²) in [6.07, 6.45) is 62.0. The molecule has 0 atom stereocenters. The van der Waals surface area contributed by atoms with Gasteiger partial charge in [-0.3, -0.25) is 0 Å². The molecule has 0 heterocycles. The minimum Gasteiger partial charge on any atom is -1.00 e. The van der Waals surface area contributed by atoms with Crippen molar-refractivity contribution in [1.82, 2.24) is 0 Å². The van der Waals surface area contributed by atoms with Crippen LogP contribution in [0, 0.1) is 0 Å². The Kier molecular flexibility index (Phi) is 50.6. The maximum Gasteiger partial charge on any atom is 0.0768 e. The van der Waals surface area contributed by atoms with Gasteiger partial charge in [0, 0.05) is 0 Å². The zero-order chi connectivity index (χ0) is 34.7. The molecule has 0 unspecified atom stereocenters. The first-order chi connectivity index (χ1) is 23.8. The summed E-state index contributed by atoms with van der Waals surface area (Å²) in [5.41, 5.74) is 0. The molecule has 0 aliphatic carbocycles. The summed E-state index contributed by atoms with van der Waals surface area (Å²) < 4.78 is 0. The largest absolute Gasteiger partial charge is 1.00 e. The Morgan fingerprint density at radius 3 is 0.469 bits per heavy atom. The second-order valence-electron chi connectivity index (χ2n) is 16.6. The molecule has 1 N–H and O–H groups in total. The molecule has 0 aliphatic rings. The monoisotopic (exact) mass is 712 g/mol. The van der Waals surface area contributed by atoms with E-state index in [4.69, 9.17) is 0 Å². The molecule has 0 spiro atoms. The van der Waals surface area contributed by atoms with E-state index in [-0.39, 0.29) is 12.4 Å². The van der Waals surface area contributed by atoms with Crippen molar-refractivity contribution in [2.24, 2.45) is 0 Å². The first kappa shape index (κ1) is 51.4. The maximum absolute atomic E-state index is 2.44. The van der Waals surface area contributed by atoms with Crippen molar-refractivity contribution in [3.8, 4) is 0 Å². The smallest absolute Gasteiger partial charge is 0.0768 e. The second-order valence-corrected chi connectivity index (χ2v) is 16.6. The Balaban J connectivity index is 0. The molecule has 0 bridgehead atoms. The van der Waals surface area contributed by atoms with Gasteiger partial charge in [-0.25, -0.2) is 0 Å². The minimum atomic E-state index is 0. The summed E-state index contributed by atoms with van der Waals surface area (Å²) in [6, 6.07) is 0. The Bertz CT molecular complexity index is 490. The average molecular weight is 713 g/mol. The molecule has 0 amide bonds. The number of quaternary nitrogens is 1. The van der Waals surface area contributed by atoms with Gasteiger partial charge in [0.15, 0.2) is 0 Å². The van der Waals surface area contributed by atoms with Gasteiger partial charge in [0.1, 0.15) is 0 Å². The van der Waals surface area contributed by atoms with Gasteiger partial charge in [-0.15, -0.1) is 0 Å². The van der Waals surface area contributed by atoms with Gasteiger partial charge in [0.2, 0.25) is 0 Å². The molecule has 298 valence electrons. The lowest BCUT2D eigenvalue weighted by Crippen LogP contribution is -3.09. The fourth-order valence-corrected chi connectivity index (χ4v) is 7.84. The summed E-state index contributed by atoms with van der Waals surface area (Å²) in [5.74, 6) is 0. The lowest BCUT2D eigenvalue weighted by Gasteiger charge is -2.13. The highest BCUT2D eigenvalue weighted by Gasteiger charge is 2.02. The van der Waals surface area contributed by atoms with Crippen molar-refractivity contribution < 1.29 is 17.3 Å². The molecule has 1 nitrogen and oxygen atoms in total. The van der Waals surface area contributed by atoms with Crippen molar-refractivity contribution in [2.45, 2.75) is 284 Å². The third-order valence-corrected chi connectivity index (χ3v) is 11.4. The second kappa shape index (κ2) is 48.2. The number of hydrogen-bond donors (Lipinski definition) is 1. The van der Waals surface area contributed by atoms with Gasteiger partial charge in [0.25, 0.3) is 0 Å². The third-order valence-electron chi connectivity index (χ3n) is 11.4. The third kappa shape index (κ3) is 48.2. The number of hydrogen-bond acceptors (Lipinski definition) is 0. The van der Waals surface area contributed by atoms with Crippen molar-refractivity contribution in [2.75, 3.05) is 20.1 Å². The standard InChI is InChI=1S/C47H97N.ClH/c1-4-6-8-10-12-14-16-18-20-22-24-26-28-30-32-34-36-38-40-42-44-46-48(3)47-45-43-41-39-37-35-33-31-29-27-25-23-21-19-17-15-13-11-9-7-5-2;/h4-47H2,1-3H3;1H. The SMILES string of the molecule is CCCCCCCCCCCCCCCCCCCCCCC[NH+](C)CCCCCCCCCCCCCCCCCCCCCCC.[Cl-]. The van der Waals surface area contributed by atoms with E-state index in [1.165, 1.54) is 283 Å². The predicted octanol–water partition coefficient (Wildman–Crippen LogP) is 12.9. The normalized spacial score (nSPS) is 11.5. The van der Waals surface area contributed by atoms with Crippen LogP contribution in [0.2, 0.25) is 0 Å². The van der Waals surface area contributed by atoms with Crippen molar-refractivity contribution in [3.63, 3.8) is 0 Å². The van der Waals surface area contributed by atoms with Gasteiger partial charge >= 0.3 is 0 Å². The molecule has 2 heteroatoms. The lowest BCUT2D eigenvalue weighted by molar-refractivity contribution is -0.880. The van der Waals surface area contributed by atoms with Crippen LogP contribution in [0.1, 0.15) is 284 Å². The molecule has 0 saturated carbocycles. The molecule has 0 aromatic carbocycles. The summed E-state index contributed by atoms with van der Waals surface area (Å²) in [6.45, 7) is 7.42. The van der Waals surface area contributed by atoms with Crippen LogP contribution in [-0.4, -0.2) is 20.1 Å². The van der Waals surface area contributed by atoms with E-state index in [9.17, 15) is 0 Å². The van der Waals surface area contributed by atoms with Gasteiger partial charge in [0.05, 0.1) is 20.1 Å². The summed E-state index contributed by atoms with van der Waals surface area (Å²) in [4.78, 5) is 1.78. The Morgan fingerprint density at radius 1 is 0.204 bits per heavy atom. The summed E-state index contributed by atoms with van der Waals surface area (Å²) >= 11 is 0. The molecule has 0 aromatic rings. The lowest BCUT2D eigenvalue weighted by atomic mass is 10.0. The topological polar surface area (TPSA) is 4.44 Å². The van der Waals surface area contributed by atoms with Crippen LogP contribution in [0.15, 0.2) is 0 Å². The van der Waals surface area contributed by atoms with Crippen LogP contribution in [0.4, 0.5) is 0 Å². The molecule has 0 saturated heterocycles. The molecule has 0 rings (SSSR count). The molecule has 0 aromatic heterocycles. The average Bonchev–Trinajstić information content (AvgIpc) is 3.09. The highest BCUT2D eigenvalue weighted by atomic mass is 35.5. The van der Waals surface area contributed by atoms with E-state index < -0.39 is 0 Å². The van der Waals surface area contributed by atoms with E-state index in [2.05, 4.69) is 20.9 Å². The first-order valence-electron chi connectivity index (χ1n) is 23.6. The van der Waals surface area contributed by atoms with Crippen molar-refractivity contribution in [3.05, 3.63) is 0 Å². The Labute approximate surface area is 319 Å². The number of rotatable bonds is 44. The molecular weight excluding hydrogens is 614 g/mol. The Morgan fingerprint density at radius 2 is 0.327 bits per heavy atom. The molecule has 0 fully saturated rings. The number of halogens is 1. The van der Waals surface area contributed by atoms with E-state index >= 15 is 0 Å². The van der Waals surface area contributed by atoms with Gasteiger partial charge < -0.3 is 17.3 Å². The first-order valence-corrected chi connectivity index (χ1v) is 23.6. The molecular formula is C47H98ClN. The van der Waals surface area contributed by atoms with E-state index in [1.54, 1.807) is 4.90 Å². The van der Waals surface area contributed by atoms with Gasteiger partial charge in [-0.1, -0.05) is 258 Å². The molecule has 0 radical (unpaired) electrons. The fourth-order valence-electron chi connectivity index (χ4n) is 7.84. The van der Waals surface area contributed by atoms with Crippen molar-refractivity contribution in [1.29, 1.82) is 0 Å². The Hall–Kier alpha value is 0.250. The van der Waals surface area contributed by atoms with Crippen LogP contribution in [-0.2, 0) is 0 Å². The fraction of sp³-hybridized carbons (Fsp3) is 1.00. The minimum absolute atomic E-state index is 0. The van der Waals surface area contributed by atoms with Crippen LogP contribution in [0.25, 0.3) is 0 Å². The highest BCUT2D eigenvalue weighted by Crippen LogP contribution is 2.17. The van der Waals surface area contributed by atoms with Crippen LogP contribution in [0.5, 0.6) is 0 Å². The van der Waals surface area contributed by atoms with Crippen LogP contribution in [0.3, 0.4) is 0 Å². The quantitative estimate of drug-likeness (QED) is 0.0600. The predicted molar refractivity (Wildman–Crippen MR) is 222 cm³/mol. The van der Waals surface area contributed by atoms with E-state index in [0.717, 1.165) is 0 Å². The van der Waals surface area contributed by atoms with E-state index in [0.29, 0.717) is 0 Å². The highest BCUT2D eigenvalue weighted by molar-refractivity contribution is 4.53.